The summed E-state index contributed by atoms with van der Waals surface area (Å²) in [7, 11) is 1.76. The van der Waals surface area contributed by atoms with E-state index in [1.807, 2.05) is 24.8 Å². The quantitative estimate of drug-likeness (QED) is 0.823. The lowest BCUT2D eigenvalue weighted by molar-refractivity contribution is -0.183. The van der Waals surface area contributed by atoms with E-state index in [-0.39, 0.29) is 17.6 Å². The molecule has 0 saturated carbocycles. The Balaban J connectivity index is 1.51. The maximum absolute atomic E-state index is 12.9. The number of likely N-dealkylation sites (tertiary alicyclic amines) is 1. The lowest BCUT2D eigenvalue weighted by Crippen LogP contribution is -2.56. The number of aryl methyl sites for hydroxylation is 2. The number of carbonyl (C=O) groups excluding carboxylic acids is 1. The minimum Gasteiger partial charge on any atom is -0.378 e. The molecule has 1 spiro atoms. The molecule has 2 aromatic rings. The Labute approximate surface area is 153 Å². The summed E-state index contributed by atoms with van der Waals surface area (Å²) in [5.41, 5.74) is 2.83. The van der Waals surface area contributed by atoms with Gasteiger partial charge in [0.2, 0.25) is 0 Å². The number of carbonyl (C=O) groups is 1. The molecule has 2 saturated heterocycles. The van der Waals surface area contributed by atoms with Crippen molar-refractivity contribution >= 4 is 11.6 Å². The fourth-order valence-electron chi connectivity index (χ4n) is 4.34. The lowest BCUT2D eigenvalue weighted by atomic mass is 9.82. The van der Waals surface area contributed by atoms with Crippen molar-refractivity contribution in [3.05, 3.63) is 29.2 Å². The van der Waals surface area contributed by atoms with Crippen LogP contribution in [-0.4, -0.2) is 63.9 Å². The van der Waals surface area contributed by atoms with E-state index in [0.717, 1.165) is 49.3 Å². The zero-order valence-electron chi connectivity index (χ0n) is 15.7. The number of piperidine rings is 1. The first-order valence-electron chi connectivity index (χ1n) is 9.32. The Bertz CT molecular complexity index is 824. The first-order chi connectivity index (χ1) is 12.5. The summed E-state index contributed by atoms with van der Waals surface area (Å²) in [6, 6.07) is 3.74. The number of methoxy groups -OCH3 is 1. The Hall–Kier alpha value is -1.99. The molecule has 1 atom stereocenters. The van der Waals surface area contributed by atoms with Gasteiger partial charge in [0.15, 0.2) is 11.3 Å². The highest BCUT2D eigenvalue weighted by molar-refractivity contribution is 5.93. The largest absolute Gasteiger partial charge is 0.378 e. The molecule has 7 nitrogen and oxygen atoms in total. The standard InChI is InChI=1S/C19H26N4O3/c1-13-11-14(2)23-17(20-13)12-15(21-23)18(24)22-8-6-19(7-9-22)16(25-3)5-4-10-26-19/h11-12,16H,4-10H2,1-3H3. The van der Waals surface area contributed by atoms with E-state index >= 15 is 0 Å². The van der Waals surface area contributed by atoms with Crippen LogP contribution in [0.15, 0.2) is 12.1 Å². The average Bonchev–Trinajstić information content (AvgIpc) is 3.06. The van der Waals surface area contributed by atoms with Crippen LogP contribution in [0.5, 0.6) is 0 Å². The number of amides is 1. The normalized spacial score (nSPS) is 22.9. The summed E-state index contributed by atoms with van der Waals surface area (Å²) in [5, 5.41) is 4.47. The van der Waals surface area contributed by atoms with Crippen molar-refractivity contribution in [2.45, 2.75) is 51.2 Å². The third-order valence-corrected chi connectivity index (χ3v) is 5.72. The van der Waals surface area contributed by atoms with Gasteiger partial charge in [-0.05, 0) is 45.6 Å². The van der Waals surface area contributed by atoms with Gasteiger partial charge >= 0.3 is 0 Å². The number of rotatable bonds is 2. The molecule has 1 amide bonds. The number of aromatic nitrogens is 3. The number of hydrogen-bond acceptors (Lipinski definition) is 5. The Morgan fingerprint density at radius 2 is 2.08 bits per heavy atom. The molecular formula is C19H26N4O3. The summed E-state index contributed by atoms with van der Waals surface area (Å²) in [6.45, 7) is 6.03. The van der Waals surface area contributed by atoms with Crippen molar-refractivity contribution in [1.29, 1.82) is 0 Å². The Morgan fingerprint density at radius 3 is 2.81 bits per heavy atom. The van der Waals surface area contributed by atoms with E-state index in [9.17, 15) is 4.79 Å². The van der Waals surface area contributed by atoms with E-state index in [1.165, 1.54) is 0 Å². The molecule has 140 valence electrons. The van der Waals surface area contributed by atoms with Crippen LogP contribution in [0.3, 0.4) is 0 Å². The molecule has 4 heterocycles. The van der Waals surface area contributed by atoms with Gasteiger partial charge in [-0.2, -0.15) is 5.10 Å². The molecule has 0 aliphatic carbocycles. The Kier molecular flexibility index (Phi) is 4.44. The average molecular weight is 358 g/mol. The van der Waals surface area contributed by atoms with E-state index in [2.05, 4.69) is 10.1 Å². The van der Waals surface area contributed by atoms with Gasteiger partial charge in [-0.3, -0.25) is 4.79 Å². The van der Waals surface area contributed by atoms with Gasteiger partial charge in [-0.15, -0.1) is 0 Å². The first kappa shape index (κ1) is 17.4. The zero-order chi connectivity index (χ0) is 18.3. The molecule has 2 aliphatic rings. The molecule has 0 radical (unpaired) electrons. The minimum absolute atomic E-state index is 0.0350. The minimum atomic E-state index is -0.238. The summed E-state index contributed by atoms with van der Waals surface area (Å²) < 4.78 is 13.5. The van der Waals surface area contributed by atoms with Gasteiger partial charge in [0.25, 0.3) is 5.91 Å². The smallest absolute Gasteiger partial charge is 0.274 e. The summed E-state index contributed by atoms with van der Waals surface area (Å²) in [5.74, 6) is -0.0350. The maximum atomic E-state index is 12.9. The number of ether oxygens (including phenoxy) is 2. The second kappa shape index (κ2) is 6.63. The molecule has 0 aromatic carbocycles. The highest BCUT2D eigenvalue weighted by Crippen LogP contribution is 2.37. The van der Waals surface area contributed by atoms with E-state index in [4.69, 9.17) is 9.47 Å². The second-order valence-corrected chi connectivity index (χ2v) is 7.41. The van der Waals surface area contributed by atoms with Crippen LogP contribution < -0.4 is 0 Å². The van der Waals surface area contributed by atoms with Gasteiger partial charge in [0.1, 0.15) is 0 Å². The number of nitrogens with zero attached hydrogens (tertiary/aromatic N) is 4. The van der Waals surface area contributed by atoms with Crippen LogP contribution in [0.2, 0.25) is 0 Å². The van der Waals surface area contributed by atoms with Crippen molar-refractivity contribution < 1.29 is 14.3 Å². The van der Waals surface area contributed by atoms with Crippen LogP contribution in [0.25, 0.3) is 5.65 Å². The molecule has 0 N–H and O–H groups in total. The predicted octanol–water partition coefficient (Wildman–Crippen LogP) is 2.15. The maximum Gasteiger partial charge on any atom is 0.274 e. The fourth-order valence-corrected chi connectivity index (χ4v) is 4.34. The van der Waals surface area contributed by atoms with Crippen LogP contribution in [0.4, 0.5) is 0 Å². The molecule has 1 unspecified atom stereocenters. The van der Waals surface area contributed by atoms with Crippen molar-refractivity contribution in [2.24, 2.45) is 0 Å². The molecule has 2 aromatic heterocycles. The van der Waals surface area contributed by atoms with Gasteiger partial charge in [-0.25, -0.2) is 9.50 Å². The zero-order valence-corrected chi connectivity index (χ0v) is 15.7. The molecular weight excluding hydrogens is 332 g/mol. The molecule has 7 heteroatoms. The van der Waals surface area contributed by atoms with Crippen LogP contribution in [0.1, 0.15) is 47.6 Å². The molecule has 26 heavy (non-hydrogen) atoms. The van der Waals surface area contributed by atoms with E-state index < -0.39 is 0 Å². The third-order valence-electron chi connectivity index (χ3n) is 5.72. The van der Waals surface area contributed by atoms with Crippen LogP contribution in [-0.2, 0) is 9.47 Å². The van der Waals surface area contributed by atoms with Crippen molar-refractivity contribution in [2.75, 3.05) is 26.8 Å². The van der Waals surface area contributed by atoms with E-state index in [1.54, 1.807) is 17.7 Å². The molecule has 0 bridgehead atoms. The number of hydrogen-bond donors (Lipinski definition) is 0. The Morgan fingerprint density at radius 1 is 1.31 bits per heavy atom. The SMILES string of the molecule is COC1CCCOC12CCN(C(=O)c1cc3nc(C)cc(C)n3n1)CC2. The van der Waals surface area contributed by atoms with Crippen molar-refractivity contribution in [1.82, 2.24) is 19.5 Å². The van der Waals surface area contributed by atoms with Crippen molar-refractivity contribution in [3.63, 3.8) is 0 Å². The monoisotopic (exact) mass is 358 g/mol. The van der Waals surface area contributed by atoms with Gasteiger partial charge in [-0.1, -0.05) is 0 Å². The highest BCUT2D eigenvalue weighted by atomic mass is 16.5. The van der Waals surface area contributed by atoms with Crippen LogP contribution in [0, 0.1) is 13.8 Å². The van der Waals surface area contributed by atoms with E-state index in [0.29, 0.717) is 18.8 Å². The molecule has 2 aliphatic heterocycles. The first-order valence-corrected chi connectivity index (χ1v) is 9.32. The van der Waals surface area contributed by atoms with Crippen molar-refractivity contribution in [3.8, 4) is 0 Å². The topological polar surface area (TPSA) is 69.0 Å². The highest BCUT2D eigenvalue weighted by Gasteiger charge is 2.45. The van der Waals surface area contributed by atoms with Gasteiger partial charge in [0.05, 0.1) is 11.7 Å². The number of fused-ring (bicyclic) bond motifs is 1. The van der Waals surface area contributed by atoms with Gasteiger partial charge in [0, 0.05) is 44.3 Å². The summed E-state index contributed by atoms with van der Waals surface area (Å²) in [4.78, 5) is 19.3. The fraction of sp³-hybridized carbons (Fsp3) is 0.632. The molecule has 2 fully saturated rings. The third kappa shape index (κ3) is 2.89. The lowest BCUT2D eigenvalue weighted by Gasteiger charge is -2.47. The van der Waals surface area contributed by atoms with Crippen LogP contribution >= 0.6 is 0 Å². The van der Waals surface area contributed by atoms with Gasteiger partial charge < -0.3 is 14.4 Å². The molecule has 4 rings (SSSR count). The predicted molar refractivity (Wildman–Crippen MR) is 96.3 cm³/mol. The summed E-state index contributed by atoms with van der Waals surface area (Å²) in [6.07, 6.45) is 3.80. The summed E-state index contributed by atoms with van der Waals surface area (Å²) >= 11 is 0. The second-order valence-electron chi connectivity index (χ2n) is 7.41.